The van der Waals surface area contributed by atoms with Gasteiger partial charge in [0, 0.05) is 32.2 Å². The molecule has 2 N–H and O–H groups in total. The van der Waals surface area contributed by atoms with Gasteiger partial charge >= 0.3 is 0 Å². The molecule has 2 aliphatic rings. The molecule has 3 aromatic rings. The molecule has 4 unspecified atom stereocenters. The van der Waals surface area contributed by atoms with Crippen LogP contribution < -0.4 is 0 Å². The van der Waals surface area contributed by atoms with Gasteiger partial charge in [0.15, 0.2) is 0 Å². The minimum Gasteiger partial charge on any atom is -0.392 e. The first-order chi connectivity index (χ1) is 18.5. The van der Waals surface area contributed by atoms with Crippen molar-refractivity contribution >= 4 is 10.8 Å². The van der Waals surface area contributed by atoms with Gasteiger partial charge in [0.2, 0.25) is 0 Å². The van der Waals surface area contributed by atoms with Crippen LogP contribution in [-0.4, -0.2) is 27.4 Å². The van der Waals surface area contributed by atoms with Gasteiger partial charge in [0.25, 0.3) is 0 Å². The van der Waals surface area contributed by atoms with Gasteiger partial charge in [-0.25, -0.2) is 0 Å². The zero-order valence-corrected chi connectivity index (χ0v) is 28.1. The van der Waals surface area contributed by atoms with Gasteiger partial charge in [0.1, 0.15) is 0 Å². The molecule has 5 rings (SSSR count). The van der Waals surface area contributed by atoms with Gasteiger partial charge in [-0.3, -0.25) is 0 Å². The molecule has 6 atom stereocenters. The first-order valence-electron chi connectivity index (χ1n) is 15.3. The fourth-order valence-electron chi connectivity index (χ4n) is 7.26. The summed E-state index contributed by atoms with van der Waals surface area (Å²) in [5.74, 6) is 3.25. The first kappa shape index (κ1) is 32.9. The Labute approximate surface area is 256 Å². The molecule has 0 aliphatic heterocycles. The molecular weight excluding hydrogens is 671 g/mol. The molecule has 1 aromatic heterocycles. The van der Waals surface area contributed by atoms with E-state index in [9.17, 15) is 10.2 Å². The average Bonchev–Trinajstić information content (AvgIpc) is 3.42. The van der Waals surface area contributed by atoms with Crippen LogP contribution in [0.15, 0.2) is 42.6 Å². The standard InChI is InChI=1S/C20H20N.C16H30O2.Ir/c1-13(2)16-5-6-19-17(12-16)7-8-21-20(19)18-10-14(3)9-15(4)11-18;1-5-9(3)12-7-11-8-13(10(4)6-2)16(18)14(11)15(12)17;/h5-10,12-13H,1-4H3;9-18H,5-8H2,1-4H3;/q-1;;/t;9?,10?,11?,12-,13-,14?,15?,16?;/m.1./s1. The predicted molar refractivity (Wildman–Crippen MR) is 164 cm³/mol. The number of hydrogen-bond donors (Lipinski definition) is 2. The number of nitrogens with zero attached hydrogens (tertiary/aromatic N) is 1. The van der Waals surface area contributed by atoms with E-state index in [0.717, 1.165) is 42.5 Å². The van der Waals surface area contributed by atoms with E-state index in [1.54, 1.807) is 0 Å². The van der Waals surface area contributed by atoms with Crippen LogP contribution in [0.5, 0.6) is 0 Å². The number of fused-ring (bicyclic) bond motifs is 2. The van der Waals surface area contributed by atoms with Crippen LogP contribution in [0.2, 0.25) is 0 Å². The van der Waals surface area contributed by atoms with Crippen molar-refractivity contribution < 1.29 is 30.3 Å². The molecular formula is C36H50IrNO2-. The molecule has 1 radical (unpaired) electrons. The zero-order chi connectivity index (χ0) is 28.4. The summed E-state index contributed by atoms with van der Waals surface area (Å²) in [6, 6.07) is 16.5. The largest absolute Gasteiger partial charge is 0.392 e. The maximum atomic E-state index is 10.5. The molecule has 0 bridgehead atoms. The van der Waals surface area contributed by atoms with Crippen molar-refractivity contribution in [3.63, 3.8) is 0 Å². The minimum absolute atomic E-state index is 0. The van der Waals surface area contributed by atoms with Gasteiger partial charge in [0.05, 0.1) is 12.2 Å². The molecule has 1 heterocycles. The second-order valence-electron chi connectivity index (χ2n) is 12.9. The van der Waals surface area contributed by atoms with E-state index < -0.39 is 0 Å². The third kappa shape index (κ3) is 6.89. The second kappa shape index (κ2) is 14.1. The molecule has 2 fully saturated rings. The molecule has 2 saturated carbocycles. The quantitative estimate of drug-likeness (QED) is 0.251. The van der Waals surface area contributed by atoms with Gasteiger partial charge < -0.3 is 15.2 Å². The van der Waals surface area contributed by atoms with Crippen molar-refractivity contribution in [2.45, 2.75) is 99.2 Å². The van der Waals surface area contributed by atoms with E-state index in [2.05, 4.69) is 103 Å². The van der Waals surface area contributed by atoms with E-state index in [0.29, 0.717) is 35.5 Å². The smallest absolute Gasteiger partial charge is 0.0626 e. The number of aryl methyl sites for hydroxylation is 2. The second-order valence-corrected chi connectivity index (χ2v) is 12.9. The topological polar surface area (TPSA) is 53.4 Å². The summed E-state index contributed by atoms with van der Waals surface area (Å²) in [5, 5.41) is 23.5. The number of aliphatic hydroxyl groups excluding tert-OH is 2. The van der Waals surface area contributed by atoms with Crippen molar-refractivity contribution in [3.05, 3.63) is 65.4 Å². The van der Waals surface area contributed by atoms with Crippen LogP contribution in [0.25, 0.3) is 22.0 Å². The number of aliphatic hydroxyl groups is 2. The van der Waals surface area contributed by atoms with Gasteiger partial charge in [-0.05, 0) is 76.4 Å². The van der Waals surface area contributed by atoms with Crippen LogP contribution >= 0.6 is 0 Å². The Morgan fingerprint density at radius 3 is 1.98 bits per heavy atom. The Bertz CT molecular complexity index is 1210. The van der Waals surface area contributed by atoms with Crippen LogP contribution in [-0.2, 0) is 20.1 Å². The van der Waals surface area contributed by atoms with Crippen LogP contribution in [0.3, 0.4) is 0 Å². The maximum absolute atomic E-state index is 10.5. The van der Waals surface area contributed by atoms with Crippen LogP contribution in [0.1, 0.15) is 89.8 Å². The summed E-state index contributed by atoms with van der Waals surface area (Å²) in [6.07, 6.45) is 5.88. The van der Waals surface area contributed by atoms with Crippen molar-refractivity contribution in [3.8, 4) is 11.3 Å². The number of hydrogen-bond acceptors (Lipinski definition) is 3. The first-order valence-corrected chi connectivity index (χ1v) is 15.3. The van der Waals surface area contributed by atoms with E-state index in [4.69, 9.17) is 0 Å². The Morgan fingerprint density at radius 2 is 1.48 bits per heavy atom. The van der Waals surface area contributed by atoms with Gasteiger partial charge in [-0.15, -0.1) is 34.9 Å². The monoisotopic (exact) mass is 721 g/mol. The minimum atomic E-state index is -0.269. The predicted octanol–water partition coefficient (Wildman–Crippen LogP) is 8.51. The summed E-state index contributed by atoms with van der Waals surface area (Å²) in [4.78, 5) is 4.60. The Morgan fingerprint density at radius 1 is 0.875 bits per heavy atom. The fraction of sp³-hybridized carbons (Fsp3) is 0.583. The van der Waals surface area contributed by atoms with E-state index in [1.165, 1.54) is 21.9 Å². The fourth-order valence-corrected chi connectivity index (χ4v) is 7.26. The van der Waals surface area contributed by atoms with Gasteiger partial charge in [-0.2, -0.15) is 0 Å². The summed E-state index contributed by atoms with van der Waals surface area (Å²) in [6.45, 7) is 17.5. The van der Waals surface area contributed by atoms with Gasteiger partial charge in [-0.1, -0.05) is 86.4 Å². The summed E-state index contributed by atoms with van der Waals surface area (Å²) < 4.78 is 0. The van der Waals surface area contributed by atoms with Crippen molar-refractivity contribution in [1.29, 1.82) is 0 Å². The van der Waals surface area contributed by atoms with Crippen molar-refractivity contribution in [2.24, 2.45) is 35.5 Å². The SMILES string of the molecule is CCC(C)[C@H]1CC2C[C@H](C(C)CC)C(O)C2C1O.Cc1[c-]c(-c2nccc3cc(C(C)C)ccc23)cc(C)c1.[Ir]. The Kier molecular flexibility index (Phi) is 11.6. The molecule has 40 heavy (non-hydrogen) atoms. The normalized spacial score (nSPS) is 27.1. The number of pyridine rings is 1. The van der Waals surface area contributed by atoms with Crippen molar-refractivity contribution in [1.82, 2.24) is 4.98 Å². The van der Waals surface area contributed by atoms with E-state index >= 15 is 0 Å². The van der Waals surface area contributed by atoms with E-state index in [-0.39, 0.29) is 38.2 Å². The summed E-state index contributed by atoms with van der Waals surface area (Å²) in [7, 11) is 0. The molecule has 0 saturated heterocycles. The Balaban J connectivity index is 0.000000218. The number of benzene rings is 2. The molecule has 2 aromatic carbocycles. The molecule has 0 amide bonds. The molecule has 4 heteroatoms. The van der Waals surface area contributed by atoms with Crippen molar-refractivity contribution in [2.75, 3.05) is 0 Å². The van der Waals surface area contributed by atoms with Crippen LogP contribution in [0.4, 0.5) is 0 Å². The van der Waals surface area contributed by atoms with E-state index in [1.807, 2.05) is 6.20 Å². The maximum Gasteiger partial charge on any atom is 0.0626 e. The average molecular weight is 721 g/mol. The third-order valence-electron chi connectivity index (χ3n) is 9.97. The number of rotatable bonds is 6. The summed E-state index contributed by atoms with van der Waals surface area (Å²) >= 11 is 0. The number of aromatic nitrogens is 1. The third-order valence-corrected chi connectivity index (χ3v) is 9.97. The summed E-state index contributed by atoms with van der Waals surface area (Å²) in [5.41, 5.74) is 5.87. The molecule has 221 valence electrons. The molecule has 2 aliphatic carbocycles. The zero-order valence-electron chi connectivity index (χ0n) is 25.7. The molecule has 3 nitrogen and oxygen atoms in total. The van der Waals surface area contributed by atoms with Crippen LogP contribution in [0, 0.1) is 55.4 Å². The molecule has 0 spiro atoms. The Hall–Kier alpha value is -1.58.